The van der Waals surface area contributed by atoms with Crippen molar-refractivity contribution in [1.82, 2.24) is 4.90 Å². The Bertz CT molecular complexity index is 772. The Labute approximate surface area is 176 Å². The van der Waals surface area contributed by atoms with Gasteiger partial charge < -0.3 is 9.47 Å². The third kappa shape index (κ3) is 6.45. The predicted molar refractivity (Wildman–Crippen MR) is 121 cm³/mol. The lowest BCUT2D eigenvalue weighted by atomic mass is 10.00. The van der Waals surface area contributed by atoms with Crippen LogP contribution < -0.4 is 4.74 Å². The molecule has 1 aliphatic rings. The molecule has 156 valence electrons. The summed E-state index contributed by atoms with van der Waals surface area (Å²) in [5.74, 6) is 0.970. The SMILES string of the molecule is C=C(C)c1ccc(OCC2CCCCN2CCOCc2ccccc2)cc1CC. The van der Waals surface area contributed by atoms with Crippen molar-refractivity contribution in [3.63, 3.8) is 0 Å². The van der Waals surface area contributed by atoms with Crippen LogP contribution in [-0.2, 0) is 17.8 Å². The molecule has 0 saturated carbocycles. The molecule has 3 nitrogen and oxygen atoms in total. The van der Waals surface area contributed by atoms with Gasteiger partial charge in [-0.2, -0.15) is 0 Å². The van der Waals surface area contributed by atoms with Gasteiger partial charge >= 0.3 is 0 Å². The number of nitrogens with zero attached hydrogens (tertiary/aromatic N) is 1. The Morgan fingerprint density at radius 2 is 1.97 bits per heavy atom. The largest absolute Gasteiger partial charge is 0.492 e. The lowest BCUT2D eigenvalue weighted by Crippen LogP contribution is -2.44. The Balaban J connectivity index is 1.49. The maximum absolute atomic E-state index is 6.22. The Morgan fingerprint density at radius 3 is 2.72 bits per heavy atom. The van der Waals surface area contributed by atoms with Gasteiger partial charge in [-0.1, -0.05) is 61.9 Å². The number of hydrogen-bond acceptors (Lipinski definition) is 3. The lowest BCUT2D eigenvalue weighted by Gasteiger charge is -2.35. The molecule has 1 unspecified atom stereocenters. The van der Waals surface area contributed by atoms with Crippen molar-refractivity contribution < 1.29 is 9.47 Å². The third-order valence-corrected chi connectivity index (χ3v) is 5.74. The van der Waals surface area contributed by atoms with Crippen LogP contribution in [0.4, 0.5) is 0 Å². The molecular weight excluding hydrogens is 358 g/mol. The molecule has 2 aromatic carbocycles. The number of benzene rings is 2. The zero-order valence-electron chi connectivity index (χ0n) is 18.0. The van der Waals surface area contributed by atoms with Crippen LogP contribution in [0, 0.1) is 0 Å². The number of rotatable bonds is 10. The molecule has 1 atom stereocenters. The van der Waals surface area contributed by atoms with Gasteiger partial charge in [-0.05, 0) is 61.6 Å². The molecule has 0 amide bonds. The van der Waals surface area contributed by atoms with Crippen LogP contribution in [0.3, 0.4) is 0 Å². The molecule has 0 aliphatic carbocycles. The molecule has 3 heteroatoms. The molecule has 3 rings (SSSR count). The van der Waals surface area contributed by atoms with E-state index in [2.05, 4.69) is 67.8 Å². The summed E-state index contributed by atoms with van der Waals surface area (Å²) in [6, 6.07) is 17.3. The maximum Gasteiger partial charge on any atom is 0.119 e. The Morgan fingerprint density at radius 1 is 1.14 bits per heavy atom. The molecule has 2 aromatic rings. The van der Waals surface area contributed by atoms with Gasteiger partial charge in [-0.3, -0.25) is 4.90 Å². The van der Waals surface area contributed by atoms with Crippen LogP contribution in [0.25, 0.3) is 5.57 Å². The molecule has 0 spiro atoms. The number of likely N-dealkylation sites (tertiary alicyclic amines) is 1. The molecule has 0 bridgehead atoms. The van der Waals surface area contributed by atoms with Crippen molar-refractivity contribution in [2.24, 2.45) is 0 Å². The van der Waals surface area contributed by atoms with Gasteiger partial charge in [0.25, 0.3) is 0 Å². The molecular formula is C26H35NO2. The fraction of sp³-hybridized carbons (Fsp3) is 0.462. The first-order valence-corrected chi connectivity index (χ1v) is 10.9. The monoisotopic (exact) mass is 393 g/mol. The fourth-order valence-corrected chi connectivity index (χ4v) is 4.05. The fourth-order valence-electron chi connectivity index (χ4n) is 4.05. The quantitative estimate of drug-likeness (QED) is 0.481. The predicted octanol–water partition coefficient (Wildman–Crippen LogP) is 5.73. The third-order valence-electron chi connectivity index (χ3n) is 5.74. The van der Waals surface area contributed by atoms with Crippen molar-refractivity contribution in [1.29, 1.82) is 0 Å². The van der Waals surface area contributed by atoms with Crippen molar-refractivity contribution in [2.75, 3.05) is 26.3 Å². The van der Waals surface area contributed by atoms with Crippen molar-refractivity contribution >= 4 is 5.57 Å². The van der Waals surface area contributed by atoms with E-state index in [9.17, 15) is 0 Å². The van der Waals surface area contributed by atoms with Crippen molar-refractivity contribution in [3.8, 4) is 5.75 Å². The van der Waals surface area contributed by atoms with Gasteiger partial charge in [-0.15, -0.1) is 0 Å². The van der Waals surface area contributed by atoms with Gasteiger partial charge in [0.2, 0.25) is 0 Å². The Hall–Kier alpha value is -2.10. The summed E-state index contributed by atoms with van der Waals surface area (Å²) >= 11 is 0. The average Bonchev–Trinajstić information content (AvgIpc) is 2.76. The van der Waals surface area contributed by atoms with Crippen LogP contribution in [0.2, 0.25) is 0 Å². The number of hydrogen-bond donors (Lipinski definition) is 0. The van der Waals surface area contributed by atoms with Gasteiger partial charge in [0, 0.05) is 12.6 Å². The summed E-state index contributed by atoms with van der Waals surface area (Å²) in [6.45, 7) is 12.6. The van der Waals surface area contributed by atoms with Gasteiger partial charge in [0.05, 0.1) is 13.2 Å². The van der Waals surface area contributed by atoms with Crippen molar-refractivity contribution in [3.05, 3.63) is 71.8 Å². The van der Waals surface area contributed by atoms with E-state index >= 15 is 0 Å². The first kappa shape index (κ1) is 21.6. The average molecular weight is 394 g/mol. The van der Waals surface area contributed by atoms with E-state index in [4.69, 9.17) is 9.47 Å². The summed E-state index contributed by atoms with van der Waals surface area (Å²) in [6.07, 6.45) is 4.74. The summed E-state index contributed by atoms with van der Waals surface area (Å²) < 4.78 is 12.1. The van der Waals surface area contributed by atoms with Crippen LogP contribution in [0.1, 0.15) is 49.8 Å². The van der Waals surface area contributed by atoms with E-state index in [1.165, 1.54) is 36.0 Å². The normalized spacial score (nSPS) is 17.2. The minimum Gasteiger partial charge on any atom is -0.492 e. The second kappa shape index (κ2) is 11.2. The molecule has 1 heterocycles. The molecule has 1 aliphatic heterocycles. The number of allylic oxidation sites excluding steroid dienone is 1. The van der Waals surface area contributed by atoms with Crippen LogP contribution in [0.5, 0.6) is 5.75 Å². The second-order valence-electron chi connectivity index (χ2n) is 7.99. The number of ether oxygens (including phenoxy) is 2. The van der Waals surface area contributed by atoms with E-state index in [1.807, 2.05) is 6.07 Å². The Kier molecular flexibility index (Phi) is 8.33. The standard InChI is InChI=1S/C26H35NO2/c1-4-23-18-25(13-14-26(23)21(2)3)29-20-24-12-8-9-15-27(24)16-17-28-19-22-10-6-5-7-11-22/h5-7,10-11,13-14,18,24H,2,4,8-9,12,15-17,19-20H2,1,3H3. The highest BCUT2D eigenvalue weighted by atomic mass is 16.5. The van der Waals surface area contributed by atoms with E-state index in [1.54, 1.807) is 0 Å². The molecule has 1 fully saturated rings. The first-order chi connectivity index (χ1) is 14.2. The van der Waals surface area contributed by atoms with Crippen LogP contribution >= 0.6 is 0 Å². The minimum atomic E-state index is 0.468. The van der Waals surface area contributed by atoms with E-state index < -0.39 is 0 Å². The zero-order valence-corrected chi connectivity index (χ0v) is 18.0. The summed E-state index contributed by atoms with van der Waals surface area (Å²) in [7, 11) is 0. The molecule has 0 radical (unpaired) electrons. The van der Waals surface area contributed by atoms with Crippen LogP contribution in [-0.4, -0.2) is 37.2 Å². The van der Waals surface area contributed by atoms with Gasteiger partial charge in [0.15, 0.2) is 0 Å². The highest BCUT2D eigenvalue weighted by Crippen LogP contribution is 2.25. The molecule has 0 N–H and O–H groups in total. The topological polar surface area (TPSA) is 21.7 Å². The van der Waals surface area contributed by atoms with Crippen LogP contribution in [0.15, 0.2) is 55.1 Å². The smallest absolute Gasteiger partial charge is 0.119 e. The summed E-state index contributed by atoms with van der Waals surface area (Å²) in [5, 5.41) is 0. The van der Waals surface area contributed by atoms with Crippen molar-refractivity contribution in [2.45, 2.75) is 52.2 Å². The van der Waals surface area contributed by atoms with Gasteiger partial charge in [-0.25, -0.2) is 0 Å². The maximum atomic E-state index is 6.22. The molecule has 29 heavy (non-hydrogen) atoms. The highest BCUT2D eigenvalue weighted by Gasteiger charge is 2.22. The van der Waals surface area contributed by atoms with Gasteiger partial charge in [0.1, 0.15) is 12.4 Å². The number of aryl methyl sites for hydroxylation is 1. The molecule has 1 saturated heterocycles. The summed E-state index contributed by atoms with van der Waals surface area (Å²) in [4.78, 5) is 2.54. The highest BCUT2D eigenvalue weighted by molar-refractivity contribution is 5.65. The molecule has 0 aromatic heterocycles. The summed E-state index contributed by atoms with van der Waals surface area (Å²) in [5.41, 5.74) is 4.90. The number of piperidine rings is 1. The van der Waals surface area contributed by atoms with E-state index in [0.717, 1.165) is 44.0 Å². The second-order valence-corrected chi connectivity index (χ2v) is 7.99. The lowest BCUT2D eigenvalue weighted by molar-refractivity contribution is 0.0482. The van der Waals surface area contributed by atoms with E-state index in [0.29, 0.717) is 12.6 Å². The minimum absolute atomic E-state index is 0.468. The van der Waals surface area contributed by atoms with E-state index in [-0.39, 0.29) is 0 Å². The zero-order chi connectivity index (χ0) is 20.5. The first-order valence-electron chi connectivity index (χ1n) is 10.9.